The highest BCUT2D eigenvalue weighted by Gasteiger charge is 2.24. The number of carbonyl (C=O) groups is 1. The first kappa shape index (κ1) is 23.3. The van der Waals surface area contributed by atoms with Crippen LogP contribution >= 0.6 is 11.3 Å². The van der Waals surface area contributed by atoms with Crippen molar-refractivity contribution in [2.45, 2.75) is 30.6 Å². The molecule has 0 unspecified atom stereocenters. The number of piperidine rings is 1. The molecule has 3 aromatic rings. The molecule has 0 spiro atoms. The summed E-state index contributed by atoms with van der Waals surface area (Å²) in [5.41, 5.74) is 2.17. The van der Waals surface area contributed by atoms with Gasteiger partial charge in [0.2, 0.25) is 15.2 Å². The Kier molecular flexibility index (Phi) is 7.06. The molecule has 1 aliphatic rings. The molecule has 33 heavy (non-hydrogen) atoms. The smallest absolute Gasteiger partial charge is 0.259 e. The number of benzene rings is 2. The van der Waals surface area contributed by atoms with E-state index in [4.69, 9.17) is 0 Å². The predicted molar refractivity (Wildman–Crippen MR) is 130 cm³/mol. The van der Waals surface area contributed by atoms with Crippen LogP contribution < -0.4 is 10.2 Å². The zero-order valence-corrected chi connectivity index (χ0v) is 20.3. The number of nitrogens with one attached hydrogen (secondary N) is 1. The molecule has 0 atom stereocenters. The SMILES string of the molecule is CN(C)S(=O)(=O)c1ccc(N2CCCCC2)c(C(=O)Nc2nnc(Cc3ccccc3)s2)c1. The van der Waals surface area contributed by atoms with Gasteiger partial charge in [-0.05, 0) is 43.0 Å². The van der Waals surface area contributed by atoms with E-state index in [1.807, 2.05) is 30.3 Å². The van der Waals surface area contributed by atoms with Gasteiger partial charge in [0, 0.05) is 39.3 Å². The average molecular weight is 486 g/mol. The predicted octanol–water partition coefficient (Wildman–Crippen LogP) is 3.62. The van der Waals surface area contributed by atoms with Crippen LogP contribution in [0.2, 0.25) is 0 Å². The van der Waals surface area contributed by atoms with Crippen LogP contribution in [0.5, 0.6) is 0 Å². The van der Waals surface area contributed by atoms with Crippen molar-refractivity contribution in [3.8, 4) is 0 Å². The molecule has 1 aromatic heterocycles. The van der Waals surface area contributed by atoms with E-state index in [1.165, 1.54) is 31.5 Å². The molecule has 4 rings (SSSR count). The fraction of sp³-hybridized carbons (Fsp3) is 0.348. The van der Waals surface area contributed by atoms with Crippen LogP contribution in [-0.4, -0.2) is 56.0 Å². The van der Waals surface area contributed by atoms with Crippen LogP contribution in [0.15, 0.2) is 53.4 Å². The van der Waals surface area contributed by atoms with Gasteiger partial charge < -0.3 is 4.90 Å². The third-order valence-electron chi connectivity index (χ3n) is 5.57. The molecule has 8 nitrogen and oxygen atoms in total. The summed E-state index contributed by atoms with van der Waals surface area (Å²) >= 11 is 1.31. The molecule has 0 aliphatic carbocycles. The number of sulfonamides is 1. The lowest BCUT2D eigenvalue weighted by Crippen LogP contribution is -2.32. The van der Waals surface area contributed by atoms with Crippen molar-refractivity contribution in [3.05, 3.63) is 64.7 Å². The van der Waals surface area contributed by atoms with Gasteiger partial charge in [0.05, 0.1) is 10.5 Å². The number of carbonyl (C=O) groups excluding carboxylic acids is 1. The minimum atomic E-state index is -3.67. The molecular weight excluding hydrogens is 458 g/mol. The van der Waals surface area contributed by atoms with Crippen LogP contribution in [0, 0.1) is 0 Å². The van der Waals surface area contributed by atoms with Crippen LogP contribution in [0.1, 0.15) is 40.2 Å². The summed E-state index contributed by atoms with van der Waals surface area (Å²) in [5.74, 6) is -0.395. The summed E-state index contributed by atoms with van der Waals surface area (Å²) in [6.07, 6.45) is 3.86. The first-order chi connectivity index (χ1) is 15.8. The summed E-state index contributed by atoms with van der Waals surface area (Å²) in [5, 5.41) is 12.3. The van der Waals surface area contributed by atoms with Gasteiger partial charge in [-0.3, -0.25) is 10.1 Å². The standard InChI is InChI=1S/C23H27N5O3S2/c1-27(2)33(30,31)18-11-12-20(28-13-7-4-8-14-28)19(16-18)22(29)24-23-26-25-21(32-23)15-17-9-5-3-6-10-17/h3,5-6,9-12,16H,4,7-8,13-15H2,1-2H3,(H,24,26,29). The van der Waals surface area contributed by atoms with Gasteiger partial charge in [0.25, 0.3) is 5.91 Å². The largest absolute Gasteiger partial charge is 0.371 e. The minimum Gasteiger partial charge on any atom is -0.371 e. The number of anilines is 2. The molecule has 0 saturated carbocycles. The van der Waals surface area contributed by atoms with E-state index >= 15 is 0 Å². The molecule has 2 aromatic carbocycles. The highest BCUT2D eigenvalue weighted by atomic mass is 32.2. The van der Waals surface area contributed by atoms with Gasteiger partial charge in [-0.1, -0.05) is 41.7 Å². The molecule has 174 valence electrons. The maximum Gasteiger partial charge on any atom is 0.259 e. The van der Waals surface area contributed by atoms with Gasteiger partial charge in [-0.15, -0.1) is 10.2 Å². The fourth-order valence-electron chi connectivity index (χ4n) is 3.79. The van der Waals surface area contributed by atoms with Crippen molar-refractivity contribution in [1.29, 1.82) is 0 Å². The van der Waals surface area contributed by atoms with Gasteiger partial charge in [-0.2, -0.15) is 0 Å². The third kappa shape index (κ3) is 5.40. The zero-order chi connectivity index (χ0) is 23.4. The molecule has 0 radical (unpaired) electrons. The number of amides is 1. The van der Waals surface area contributed by atoms with Crippen LogP contribution in [0.4, 0.5) is 10.8 Å². The second-order valence-electron chi connectivity index (χ2n) is 8.13. The number of rotatable bonds is 7. The number of hydrogen-bond donors (Lipinski definition) is 1. The van der Waals surface area contributed by atoms with Gasteiger partial charge in [-0.25, -0.2) is 12.7 Å². The number of aromatic nitrogens is 2. The Hall–Kier alpha value is -2.82. The summed E-state index contributed by atoms with van der Waals surface area (Å²) < 4.78 is 26.5. The Balaban J connectivity index is 1.61. The lowest BCUT2D eigenvalue weighted by atomic mass is 10.1. The average Bonchev–Trinajstić information content (AvgIpc) is 3.26. The van der Waals surface area contributed by atoms with Gasteiger partial charge >= 0.3 is 0 Å². The second kappa shape index (κ2) is 9.98. The summed E-state index contributed by atoms with van der Waals surface area (Å²) in [7, 11) is -0.724. The van der Waals surface area contributed by atoms with Crippen molar-refractivity contribution in [2.75, 3.05) is 37.4 Å². The molecule has 1 amide bonds. The lowest BCUT2D eigenvalue weighted by molar-refractivity contribution is 0.102. The zero-order valence-electron chi connectivity index (χ0n) is 18.7. The van der Waals surface area contributed by atoms with Crippen molar-refractivity contribution in [2.24, 2.45) is 0 Å². The Morgan fingerprint density at radius 2 is 1.79 bits per heavy atom. The van der Waals surface area contributed by atoms with Crippen molar-refractivity contribution >= 4 is 38.1 Å². The molecule has 1 aliphatic heterocycles. The fourth-order valence-corrected chi connectivity index (χ4v) is 5.49. The lowest BCUT2D eigenvalue weighted by Gasteiger charge is -2.30. The molecule has 0 bridgehead atoms. The minimum absolute atomic E-state index is 0.0837. The first-order valence-corrected chi connectivity index (χ1v) is 13.1. The maximum absolute atomic E-state index is 13.3. The van der Waals surface area contributed by atoms with E-state index in [-0.39, 0.29) is 4.90 Å². The van der Waals surface area contributed by atoms with Crippen LogP contribution in [0.25, 0.3) is 0 Å². The molecule has 1 saturated heterocycles. The summed E-state index contributed by atoms with van der Waals surface area (Å²) in [6.45, 7) is 1.67. The van der Waals surface area contributed by atoms with E-state index in [0.717, 1.165) is 52.9 Å². The van der Waals surface area contributed by atoms with Crippen molar-refractivity contribution in [1.82, 2.24) is 14.5 Å². The Labute approximate surface area is 198 Å². The highest BCUT2D eigenvalue weighted by molar-refractivity contribution is 7.89. The highest BCUT2D eigenvalue weighted by Crippen LogP contribution is 2.29. The number of nitrogens with zero attached hydrogens (tertiary/aromatic N) is 4. The summed E-state index contributed by atoms with van der Waals surface area (Å²) in [6, 6.07) is 14.7. The second-order valence-corrected chi connectivity index (χ2v) is 11.3. The Morgan fingerprint density at radius 1 is 1.06 bits per heavy atom. The molecular formula is C23H27N5O3S2. The van der Waals surface area contributed by atoms with E-state index in [2.05, 4.69) is 20.4 Å². The van der Waals surface area contributed by atoms with E-state index < -0.39 is 15.9 Å². The van der Waals surface area contributed by atoms with Crippen LogP contribution in [-0.2, 0) is 16.4 Å². The third-order valence-corrected chi connectivity index (χ3v) is 8.22. The van der Waals surface area contributed by atoms with E-state index in [1.54, 1.807) is 12.1 Å². The van der Waals surface area contributed by atoms with Gasteiger partial charge in [0.15, 0.2) is 0 Å². The number of hydrogen-bond acceptors (Lipinski definition) is 7. The molecule has 2 heterocycles. The normalized spacial score (nSPS) is 14.5. The van der Waals surface area contributed by atoms with Crippen molar-refractivity contribution in [3.63, 3.8) is 0 Å². The quantitative estimate of drug-likeness (QED) is 0.549. The van der Waals surface area contributed by atoms with E-state index in [9.17, 15) is 13.2 Å². The maximum atomic E-state index is 13.3. The Bertz CT molecular complexity index is 1220. The van der Waals surface area contributed by atoms with Gasteiger partial charge in [0.1, 0.15) is 5.01 Å². The first-order valence-electron chi connectivity index (χ1n) is 10.8. The van der Waals surface area contributed by atoms with E-state index in [0.29, 0.717) is 17.1 Å². The molecule has 1 N–H and O–H groups in total. The van der Waals surface area contributed by atoms with Crippen LogP contribution in [0.3, 0.4) is 0 Å². The Morgan fingerprint density at radius 3 is 2.48 bits per heavy atom. The molecule has 10 heteroatoms. The topological polar surface area (TPSA) is 95.5 Å². The molecule has 1 fully saturated rings. The van der Waals surface area contributed by atoms with Crippen molar-refractivity contribution < 1.29 is 13.2 Å². The monoisotopic (exact) mass is 485 g/mol. The summed E-state index contributed by atoms with van der Waals surface area (Å²) in [4.78, 5) is 15.5.